The van der Waals surface area contributed by atoms with Crippen LogP contribution in [0.5, 0.6) is 0 Å². The Balaban J connectivity index is 3.94. The van der Waals surface area contributed by atoms with Gasteiger partial charge in [0.1, 0.15) is 13.2 Å². The molecule has 0 aromatic heterocycles. The summed E-state index contributed by atoms with van der Waals surface area (Å²) >= 11 is 0. The Morgan fingerprint density at radius 2 is 0.622 bits per heavy atom. The van der Waals surface area contributed by atoms with Gasteiger partial charge < -0.3 is 28.8 Å². The number of phosphoric ester groups is 1. The topological polar surface area (TPSA) is 108 Å². The van der Waals surface area contributed by atoms with Crippen LogP contribution in [0.25, 0.3) is 0 Å². The van der Waals surface area contributed by atoms with Gasteiger partial charge in [-0.3, -0.25) is 9.36 Å². The van der Waals surface area contributed by atoms with E-state index in [1.807, 2.05) is 27.2 Å². The van der Waals surface area contributed by atoms with Crippen LogP contribution >= 0.6 is 7.82 Å². The second kappa shape index (κ2) is 72.0. The van der Waals surface area contributed by atoms with Crippen molar-refractivity contribution in [3.8, 4) is 0 Å². The summed E-state index contributed by atoms with van der Waals surface area (Å²) in [5.74, 6) is -0.197. The van der Waals surface area contributed by atoms with Crippen LogP contribution in [-0.4, -0.2) is 68.5 Å². The fraction of sp³-hybridized carbons (Fsp3) is 0.914. The molecule has 3 atom stereocenters. The summed E-state index contributed by atoms with van der Waals surface area (Å²) in [6.45, 7) is 4.70. The number of carbonyl (C=O) groups excluding carboxylic acids is 1. The molecule has 534 valence electrons. The number of rotatable bonds is 76. The van der Waals surface area contributed by atoms with Crippen molar-refractivity contribution in [3.05, 3.63) is 36.5 Å². The zero-order chi connectivity index (χ0) is 65.5. The second-order valence-electron chi connectivity index (χ2n) is 29.1. The fourth-order valence-electron chi connectivity index (χ4n) is 12.6. The number of nitrogens with zero attached hydrogens (tertiary/aromatic N) is 1. The monoisotopic (exact) mass is 1290 g/mol. The van der Waals surface area contributed by atoms with Crippen molar-refractivity contribution in [2.45, 2.75) is 437 Å². The third kappa shape index (κ3) is 74.1. The largest absolute Gasteiger partial charge is 0.756 e. The molecule has 0 radical (unpaired) electrons. The average Bonchev–Trinajstić information content (AvgIpc) is 3.72. The molecule has 0 saturated carbocycles. The number of aliphatic hydroxyl groups excluding tert-OH is 1. The number of carbonyl (C=O) groups is 1. The van der Waals surface area contributed by atoms with Crippen LogP contribution in [0.2, 0.25) is 0 Å². The van der Waals surface area contributed by atoms with Crippen LogP contribution in [0, 0.1) is 0 Å². The normalized spacial score (nSPS) is 13.6. The van der Waals surface area contributed by atoms with E-state index in [1.165, 1.54) is 366 Å². The molecular weight excluding hydrogens is 1130 g/mol. The predicted molar refractivity (Wildman–Crippen MR) is 395 cm³/mol. The average molecular weight is 1290 g/mol. The Labute approximate surface area is 563 Å². The van der Waals surface area contributed by atoms with Gasteiger partial charge in [0.25, 0.3) is 7.82 Å². The number of phosphoric acid groups is 1. The summed E-state index contributed by atoms with van der Waals surface area (Å²) < 4.78 is 23.5. The first-order chi connectivity index (χ1) is 44.0. The van der Waals surface area contributed by atoms with Gasteiger partial charge in [-0.15, -0.1) is 0 Å². The number of allylic oxidation sites excluding steroid dienone is 5. The van der Waals surface area contributed by atoms with Gasteiger partial charge in [-0.25, -0.2) is 0 Å². The number of hydrogen-bond acceptors (Lipinski definition) is 6. The molecule has 8 nitrogen and oxygen atoms in total. The van der Waals surface area contributed by atoms with Gasteiger partial charge in [0.15, 0.2) is 0 Å². The van der Waals surface area contributed by atoms with Crippen LogP contribution in [0.15, 0.2) is 36.5 Å². The quantitative estimate of drug-likeness (QED) is 0.0272. The number of hydrogen-bond donors (Lipinski definition) is 2. The summed E-state index contributed by atoms with van der Waals surface area (Å²) in [7, 11) is 1.26. The van der Waals surface area contributed by atoms with E-state index in [1.54, 1.807) is 6.08 Å². The summed E-state index contributed by atoms with van der Waals surface area (Å²) in [4.78, 5) is 25.7. The molecule has 1 amide bonds. The highest BCUT2D eigenvalue weighted by molar-refractivity contribution is 7.45. The molecule has 0 aliphatic heterocycles. The third-order valence-electron chi connectivity index (χ3n) is 18.8. The third-order valence-corrected chi connectivity index (χ3v) is 19.8. The Morgan fingerprint density at radius 1 is 0.378 bits per heavy atom. The molecule has 0 rings (SSSR count). The summed E-state index contributed by atoms with van der Waals surface area (Å²) in [6, 6.07) is -0.904. The number of quaternary nitrogens is 1. The number of nitrogens with one attached hydrogen (secondary N) is 1. The molecule has 0 aromatic rings. The van der Waals surface area contributed by atoms with E-state index in [2.05, 4.69) is 43.5 Å². The van der Waals surface area contributed by atoms with E-state index < -0.39 is 20.0 Å². The molecule has 0 spiro atoms. The van der Waals surface area contributed by atoms with Gasteiger partial charge in [-0.2, -0.15) is 0 Å². The molecule has 2 N–H and O–H groups in total. The molecule has 0 fully saturated rings. The van der Waals surface area contributed by atoms with Crippen molar-refractivity contribution in [2.24, 2.45) is 0 Å². The molecule has 0 aromatic carbocycles. The lowest BCUT2D eigenvalue weighted by Crippen LogP contribution is -2.45. The first kappa shape index (κ1) is 88.7. The highest BCUT2D eigenvalue weighted by Gasteiger charge is 2.23. The zero-order valence-corrected chi connectivity index (χ0v) is 62.3. The molecule has 0 heterocycles. The number of likely N-dealkylation sites (N-methyl/N-ethyl adjacent to an activating group) is 1. The summed E-state index contributed by atoms with van der Waals surface area (Å²) in [5.41, 5.74) is 0. The lowest BCUT2D eigenvalue weighted by Gasteiger charge is -2.29. The fourth-order valence-corrected chi connectivity index (χ4v) is 13.3. The van der Waals surface area contributed by atoms with Gasteiger partial charge in [-0.1, -0.05) is 397 Å². The molecule has 0 saturated heterocycles. The number of aliphatic hydroxyl groups is 1. The van der Waals surface area contributed by atoms with Gasteiger partial charge in [0.2, 0.25) is 5.91 Å². The van der Waals surface area contributed by atoms with Gasteiger partial charge in [-0.05, 0) is 57.8 Å². The first-order valence-corrected chi connectivity index (χ1v) is 41.8. The van der Waals surface area contributed by atoms with E-state index in [9.17, 15) is 19.4 Å². The van der Waals surface area contributed by atoms with Crippen LogP contribution in [0.1, 0.15) is 425 Å². The molecule has 0 aliphatic carbocycles. The smallest absolute Gasteiger partial charge is 0.268 e. The van der Waals surface area contributed by atoms with Crippen molar-refractivity contribution >= 4 is 13.7 Å². The lowest BCUT2D eigenvalue weighted by atomic mass is 10.0. The highest BCUT2D eigenvalue weighted by Crippen LogP contribution is 2.38. The number of amides is 1. The highest BCUT2D eigenvalue weighted by atomic mass is 31.2. The minimum atomic E-state index is -4.61. The molecular formula is C81H159N2O6P. The van der Waals surface area contributed by atoms with E-state index in [0.717, 1.165) is 38.5 Å². The Kier molecular flexibility index (Phi) is 71.0. The van der Waals surface area contributed by atoms with Gasteiger partial charge in [0, 0.05) is 6.42 Å². The molecule has 0 bridgehead atoms. The first-order valence-electron chi connectivity index (χ1n) is 40.4. The maximum absolute atomic E-state index is 13.1. The maximum atomic E-state index is 13.1. The van der Waals surface area contributed by atoms with E-state index in [0.29, 0.717) is 17.4 Å². The lowest BCUT2D eigenvalue weighted by molar-refractivity contribution is -0.870. The van der Waals surface area contributed by atoms with E-state index in [4.69, 9.17) is 9.05 Å². The van der Waals surface area contributed by atoms with Crippen LogP contribution in [0.3, 0.4) is 0 Å². The van der Waals surface area contributed by atoms with Crippen LogP contribution in [0.4, 0.5) is 0 Å². The second-order valence-corrected chi connectivity index (χ2v) is 30.5. The minimum Gasteiger partial charge on any atom is -0.756 e. The Bertz CT molecular complexity index is 1560. The zero-order valence-electron chi connectivity index (χ0n) is 61.4. The summed E-state index contributed by atoms with van der Waals surface area (Å²) in [6.07, 6.45) is 97.6. The minimum absolute atomic E-state index is 0.00393. The van der Waals surface area contributed by atoms with Crippen molar-refractivity contribution < 1.29 is 32.9 Å². The van der Waals surface area contributed by atoms with Crippen molar-refractivity contribution in [2.75, 3.05) is 40.9 Å². The molecule has 90 heavy (non-hydrogen) atoms. The van der Waals surface area contributed by atoms with Crippen LogP contribution < -0.4 is 10.2 Å². The standard InChI is InChI=1S/C81H159N2O6P/c1-6-8-10-12-14-16-18-20-22-24-26-28-30-32-34-36-37-38-39-40-41-42-43-44-45-47-49-51-53-55-57-59-61-63-65-67-69-71-73-75-81(85)82-79(78-89-90(86,87)88-77-76-83(3,4)5)80(84)74-72-70-68-66-64-62-60-58-56-54-52-50-48-46-35-33-31-29-27-25-23-21-19-17-15-13-11-9-7-2/h24,26,64,66,72,74,79-80,84H,6-23,25,27-63,65,67-71,73,75-78H2,1-5H3,(H-,82,85,86,87)/b26-24-,66-64+,74-72+. The van der Waals surface area contributed by atoms with Crippen molar-refractivity contribution in [1.82, 2.24) is 5.32 Å². The summed E-state index contributed by atoms with van der Waals surface area (Å²) in [5, 5.41) is 14.0. The Morgan fingerprint density at radius 3 is 0.900 bits per heavy atom. The Hall–Kier alpha value is -1.28. The van der Waals surface area contributed by atoms with Crippen molar-refractivity contribution in [3.63, 3.8) is 0 Å². The van der Waals surface area contributed by atoms with Crippen LogP contribution in [-0.2, 0) is 18.4 Å². The predicted octanol–water partition coefficient (Wildman–Crippen LogP) is 25.7. The SMILES string of the molecule is CCCCCCCCCC/C=C\CCCCCCCCCCCCCCCCCCCCCCCCCCCCCC(=O)NC(COP(=O)([O-])OCC[N+](C)(C)C)C(O)/C=C/CC/C=C/CCCCCCCCCCCCCCCCCCCCCCCCC. The van der Waals surface area contributed by atoms with Gasteiger partial charge in [0.05, 0.1) is 39.9 Å². The van der Waals surface area contributed by atoms with Gasteiger partial charge >= 0.3 is 0 Å². The molecule has 9 heteroatoms. The van der Waals surface area contributed by atoms with E-state index >= 15 is 0 Å². The van der Waals surface area contributed by atoms with Crippen molar-refractivity contribution in [1.29, 1.82) is 0 Å². The van der Waals surface area contributed by atoms with E-state index in [-0.39, 0.29) is 19.1 Å². The maximum Gasteiger partial charge on any atom is 0.268 e. The number of unbranched alkanes of at least 4 members (excludes halogenated alkanes) is 59. The molecule has 0 aliphatic rings. The molecule has 3 unspecified atom stereocenters.